The van der Waals surface area contributed by atoms with Crippen molar-refractivity contribution in [2.24, 2.45) is 11.7 Å². The second-order valence-corrected chi connectivity index (χ2v) is 6.29. The number of halogens is 1. The largest absolute Gasteiger partial charge is 0.497 e. The van der Waals surface area contributed by atoms with Gasteiger partial charge in [-0.1, -0.05) is 30.3 Å². The molecule has 2 atom stereocenters. The minimum Gasteiger partial charge on any atom is -0.497 e. The molecule has 1 aliphatic heterocycles. The monoisotopic (exact) mass is 376 g/mol. The van der Waals surface area contributed by atoms with Crippen molar-refractivity contribution in [3.8, 4) is 11.5 Å². The highest BCUT2D eigenvalue weighted by Gasteiger charge is 2.36. The first-order chi connectivity index (χ1) is 12.2. The smallest absolute Gasteiger partial charge is 0.257 e. The van der Waals surface area contributed by atoms with Crippen LogP contribution in [0.1, 0.15) is 21.8 Å². The van der Waals surface area contributed by atoms with Crippen LogP contribution >= 0.6 is 12.4 Å². The number of ether oxygens (including phenoxy) is 2. The third kappa shape index (κ3) is 3.94. The van der Waals surface area contributed by atoms with E-state index in [-0.39, 0.29) is 30.2 Å². The molecule has 1 aliphatic rings. The predicted octanol–water partition coefficient (Wildman–Crippen LogP) is 2.94. The summed E-state index contributed by atoms with van der Waals surface area (Å²) in [5, 5.41) is 0. The molecule has 26 heavy (non-hydrogen) atoms. The number of rotatable bonds is 5. The Morgan fingerprint density at radius 1 is 1.12 bits per heavy atom. The lowest BCUT2D eigenvalue weighted by Gasteiger charge is -2.19. The molecule has 6 heteroatoms. The maximum Gasteiger partial charge on any atom is 0.257 e. The highest BCUT2D eigenvalue weighted by molar-refractivity contribution is 5.97. The lowest BCUT2D eigenvalue weighted by Crippen LogP contribution is -2.30. The molecule has 2 N–H and O–H groups in total. The van der Waals surface area contributed by atoms with Crippen LogP contribution in [0.4, 0.5) is 0 Å². The first kappa shape index (κ1) is 20.1. The van der Waals surface area contributed by atoms with Gasteiger partial charge in [0.25, 0.3) is 5.91 Å². The van der Waals surface area contributed by atoms with E-state index in [2.05, 4.69) is 12.1 Å². The quantitative estimate of drug-likeness (QED) is 0.871. The van der Waals surface area contributed by atoms with E-state index >= 15 is 0 Å². The summed E-state index contributed by atoms with van der Waals surface area (Å²) in [4.78, 5) is 15.0. The molecule has 0 bridgehead atoms. The number of carbonyl (C=O) groups is 1. The minimum atomic E-state index is -0.0485. The highest BCUT2D eigenvalue weighted by atomic mass is 35.5. The molecule has 3 rings (SSSR count). The van der Waals surface area contributed by atoms with E-state index in [9.17, 15) is 4.79 Å². The summed E-state index contributed by atoms with van der Waals surface area (Å²) in [6.07, 6.45) is 0. The van der Waals surface area contributed by atoms with E-state index in [0.717, 1.165) is 0 Å². The van der Waals surface area contributed by atoms with Gasteiger partial charge in [0.1, 0.15) is 11.5 Å². The molecule has 1 fully saturated rings. The number of amides is 1. The lowest BCUT2D eigenvalue weighted by atomic mass is 9.89. The predicted molar refractivity (Wildman–Crippen MR) is 104 cm³/mol. The van der Waals surface area contributed by atoms with Crippen molar-refractivity contribution < 1.29 is 14.3 Å². The Labute approximate surface area is 160 Å². The number of carbonyl (C=O) groups excluding carboxylic acids is 1. The molecule has 0 unspecified atom stereocenters. The number of likely N-dealkylation sites (tertiary alicyclic amines) is 1. The Morgan fingerprint density at radius 2 is 1.85 bits per heavy atom. The summed E-state index contributed by atoms with van der Waals surface area (Å²) < 4.78 is 10.6. The molecule has 0 spiro atoms. The summed E-state index contributed by atoms with van der Waals surface area (Å²) in [7, 11) is 3.15. The van der Waals surface area contributed by atoms with Gasteiger partial charge < -0.3 is 20.1 Å². The standard InChI is InChI=1S/C20H24N2O3.ClH/c1-24-16-8-9-19(25-2)17(10-16)20(23)22-12-15(11-21)18(13-22)14-6-4-3-5-7-14;/h3-10,15,18H,11-13,21H2,1-2H3;1H/t15-,18+;/m1./s1. The average Bonchev–Trinajstić information content (AvgIpc) is 3.12. The maximum atomic E-state index is 13.1. The van der Waals surface area contributed by atoms with E-state index in [1.165, 1.54) is 5.56 Å². The fraction of sp³-hybridized carbons (Fsp3) is 0.350. The molecule has 2 aromatic carbocycles. The topological polar surface area (TPSA) is 64.8 Å². The molecule has 0 aliphatic carbocycles. The van der Waals surface area contributed by atoms with Crippen molar-refractivity contribution in [2.75, 3.05) is 33.9 Å². The van der Waals surface area contributed by atoms with Crippen LogP contribution in [-0.2, 0) is 0 Å². The summed E-state index contributed by atoms with van der Waals surface area (Å²) in [6, 6.07) is 15.5. The van der Waals surface area contributed by atoms with Crippen molar-refractivity contribution >= 4 is 18.3 Å². The average molecular weight is 377 g/mol. The summed E-state index contributed by atoms with van der Waals surface area (Å²) in [5.41, 5.74) is 7.73. The van der Waals surface area contributed by atoms with Gasteiger partial charge in [-0.05, 0) is 36.2 Å². The van der Waals surface area contributed by atoms with Crippen LogP contribution in [0.5, 0.6) is 11.5 Å². The SMILES string of the molecule is COc1ccc(OC)c(C(=O)N2C[C@@H](CN)[C@H](c3ccccc3)C2)c1.Cl. The first-order valence-corrected chi connectivity index (χ1v) is 8.44. The van der Waals surface area contributed by atoms with Gasteiger partial charge >= 0.3 is 0 Å². The summed E-state index contributed by atoms with van der Waals surface area (Å²) in [5.74, 6) is 1.65. The minimum absolute atomic E-state index is 0. The van der Waals surface area contributed by atoms with Gasteiger partial charge in [-0.15, -0.1) is 12.4 Å². The number of hydrogen-bond acceptors (Lipinski definition) is 4. The van der Waals surface area contributed by atoms with Crippen molar-refractivity contribution in [1.29, 1.82) is 0 Å². The number of nitrogens with zero attached hydrogens (tertiary/aromatic N) is 1. The summed E-state index contributed by atoms with van der Waals surface area (Å²) >= 11 is 0. The van der Waals surface area contributed by atoms with E-state index in [0.29, 0.717) is 36.7 Å². The van der Waals surface area contributed by atoms with E-state index < -0.39 is 0 Å². The highest BCUT2D eigenvalue weighted by Crippen LogP contribution is 2.34. The normalized spacial score (nSPS) is 19.0. The van der Waals surface area contributed by atoms with Crippen LogP contribution in [0.25, 0.3) is 0 Å². The van der Waals surface area contributed by atoms with Gasteiger partial charge in [0.2, 0.25) is 0 Å². The first-order valence-electron chi connectivity index (χ1n) is 8.44. The van der Waals surface area contributed by atoms with Gasteiger partial charge in [0, 0.05) is 19.0 Å². The van der Waals surface area contributed by atoms with Crippen LogP contribution in [0.15, 0.2) is 48.5 Å². The molecular formula is C20H25ClN2O3. The van der Waals surface area contributed by atoms with Gasteiger partial charge in [0.05, 0.1) is 19.8 Å². The Hall–Kier alpha value is -2.24. The number of hydrogen-bond donors (Lipinski definition) is 1. The zero-order valence-corrected chi connectivity index (χ0v) is 15.9. The lowest BCUT2D eigenvalue weighted by molar-refractivity contribution is 0.0782. The van der Waals surface area contributed by atoms with Gasteiger partial charge in [0.15, 0.2) is 0 Å². The van der Waals surface area contributed by atoms with Crippen molar-refractivity contribution in [1.82, 2.24) is 4.90 Å². The van der Waals surface area contributed by atoms with Crippen LogP contribution in [0.3, 0.4) is 0 Å². The fourth-order valence-electron chi connectivity index (χ4n) is 3.51. The zero-order chi connectivity index (χ0) is 17.8. The van der Waals surface area contributed by atoms with E-state index in [1.54, 1.807) is 32.4 Å². The Bertz CT molecular complexity index is 739. The number of methoxy groups -OCH3 is 2. The van der Waals surface area contributed by atoms with Crippen LogP contribution in [0.2, 0.25) is 0 Å². The third-order valence-corrected chi connectivity index (χ3v) is 4.90. The van der Waals surface area contributed by atoms with E-state index in [1.807, 2.05) is 23.1 Å². The fourth-order valence-corrected chi connectivity index (χ4v) is 3.51. The molecule has 0 aromatic heterocycles. The summed E-state index contributed by atoms with van der Waals surface area (Å²) in [6.45, 7) is 1.86. The zero-order valence-electron chi connectivity index (χ0n) is 15.1. The molecule has 5 nitrogen and oxygen atoms in total. The van der Waals surface area contributed by atoms with Gasteiger partial charge in [-0.3, -0.25) is 4.79 Å². The van der Waals surface area contributed by atoms with Crippen molar-refractivity contribution in [3.05, 3.63) is 59.7 Å². The Balaban J connectivity index is 0.00000243. The van der Waals surface area contributed by atoms with Crippen molar-refractivity contribution in [2.45, 2.75) is 5.92 Å². The molecule has 1 heterocycles. The Kier molecular flexibility index (Phi) is 6.89. The van der Waals surface area contributed by atoms with Crippen LogP contribution in [-0.4, -0.2) is 44.7 Å². The third-order valence-electron chi connectivity index (χ3n) is 4.90. The number of nitrogens with two attached hydrogens (primary N) is 1. The molecule has 0 saturated carbocycles. The molecule has 1 amide bonds. The van der Waals surface area contributed by atoms with E-state index in [4.69, 9.17) is 15.2 Å². The van der Waals surface area contributed by atoms with Crippen molar-refractivity contribution in [3.63, 3.8) is 0 Å². The van der Waals surface area contributed by atoms with Gasteiger partial charge in [-0.25, -0.2) is 0 Å². The molecule has 2 aromatic rings. The molecule has 1 saturated heterocycles. The number of benzene rings is 2. The second-order valence-electron chi connectivity index (χ2n) is 6.29. The van der Waals surface area contributed by atoms with Gasteiger partial charge in [-0.2, -0.15) is 0 Å². The molecular weight excluding hydrogens is 352 g/mol. The molecule has 0 radical (unpaired) electrons. The Morgan fingerprint density at radius 3 is 2.46 bits per heavy atom. The maximum absolute atomic E-state index is 13.1. The van der Waals surface area contributed by atoms with Crippen LogP contribution < -0.4 is 15.2 Å². The second kappa shape index (κ2) is 8.92. The van der Waals surface area contributed by atoms with Crippen LogP contribution in [0, 0.1) is 5.92 Å². The molecule has 140 valence electrons.